The summed E-state index contributed by atoms with van der Waals surface area (Å²) in [5.41, 5.74) is 1.41. The van der Waals surface area contributed by atoms with Crippen molar-refractivity contribution in [2.45, 2.75) is 44.4 Å². The first-order chi connectivity index (χ1) is 12.0. The maximum atomic E-state index is 11.9. The lowest BCUT2D eigenvalue weighted by Crippen LogP contribution is -2.36. The zero-order valence-electron chi connectivity index (χ0n) is 14.7. The van der Waals surface area contributed by atoms with Crippen molar-refractivity contribution in [3.8, 4) is 10.8 Å². The van der Waals surface area contributed by atoms with Crippen LogP contribution in [0.25, 0.3) is 10.8 Å². The van der Waals surface area contributed by atoms with E-state index in [1.807, 2.05) is 6.92 Å². The van der Waals surface area contributed by atoms with E-state index in [2.05, 4.69) is 28.5 Å². The second-order valence-corrected chi connectivity index (χ2v) is 8.56. The van der Waals surface area contributed by atoms with Crippen LogP contribution < -0.4 is 5.32 Å². The van der Waals surface area contributed by atoms with Gasteiger partial charge in [-0.3, -0.25) is 4.79 Å². The fourth-order valence-electron chi connectivity index (χ4n) is 2.91. The number of rotatable bonds is 7. The van der Waals surface area contributed by atoms with Crippen LogP contribution in [0.1, 0.15) is 30.7 Å². The Morgan fingerprint density at radius 3 is 3.20 bits per heavy atom. The maximum absolute atomic E-state index is 11.9. The van der Waals surface area contributed by atoms with Crippen molar-refractivity contribution >= 4 is 29.0 Å². The van der Waals surface area contributed by atoms with Crippen LogP contribution in [0.4, 0.5) is 0 Å². The first-order valence-electron chi connectivity index (χ1n) is 8.41. The molecule has 2 aromatic rings. The molecule has 0 aliphatic heterocycles. The molecule has 136 valence electrons. The third-order valence-electron chi connectivity index (χ3n) is 4.10. The normalized spacial score (nSPS) is 18.0. The lowest BCUT2D eigenvalue weighted by Gasteiger charge is -2.16. The van der Waals surface area contributed by atoms with E-state index in [-0.39, 0.29) is 17.7 Å². The van der Waals surface area contributed by atoms with Crippen molar-refractivity contribution in [3.05, 3.63) is 16.5 Å². The predicted octanol–water partition coefficient (Wildman–Crippen LogP) is 3.17. The summed E-state index contributed by atoms with van der Waals surface area (Å²) < 4.78 is 10.7. The summed E-state index contributed by atoms with van der Waals surface area (Å²) in [6.45, 7) is 4.68. The van der Waals surface area contributed by atoms with E-state index < -0.39 is 0 Å². The fraction of sp³-hybridized carbons (Fsp3) is 0.588. The molecule has 2 heterocycles. The highest BCUT2D eigenvalue weighted by Gasteiger charge is 2.21. The monoisotopic (exact) mass is 381 g/mol. The van der Waals surface area contributed by atoms with Crippen LogP contribution in [0.15, 0.2) is 15.7 Å². The van der Waals surface area contributed by atoms with E-state index in [9.17, 15) is 4.79 Å². The molecule has 8 heteroatoms. The van der Waals surface area contributed by atoms with Crippen molar-refractivity contribution in [1.82, 2.24) is 15.5 Å². The smallest absolute Gasteiger partial charge is 0.277 e. The number of nitrogens with one attached hydrogen (secondary N) is 1. The summed E-state index contributed by atoms with van der Waals surface area (Å²) in [6.07, 6.45) is 3.51. The van der Waals surface area contributed by atoms with E-state index in [1.54, 1.807) is 18.4 Å². The molecule has 1 aliphatic carbocycles. The number of hydrogen-bond acceptors (Lipinski definition) is 7. The van der Waals surface area contributed by atoms with Crippen molar-refractivity contribution in [2.75, 3.05) is 19.5 Å². The molecule has 0 saturated heterocycles. The number of carbonyl (C=O) groups is 1. The zero-order valence-corrected chi connectivity index (χ0v) is 16.3. The second-order valence-electron chi connectivity index (χ2n) is 6.49. The van der Waals surface area contributed by atoms with Gasteiger partial charge in [0.05, 0.1) is 17.2 Å². The van der Waals surface area contributed by atoms with Crippen LogP contribution in [-0.4, -0.2) is 41.6 Å². The van der Waals surface area contributed by atoms with Gasteiger partial charge in [-0.2, -0.15) is 0 Å². The molecule has 25 heavy (non-hydrogen) atoms. The highest BCUT2D eigenvalue weighted by Crippen LogP contribution is 2.37. The van der Waals surface area contributed by atoms with E-state index in [0.717, 1.165) is 23.6 Å². The van der Waals surface area contributed by atoms with Gasteiger partial charge in [-0.25, -0.2) is 0 Å². The van der Waals surface area contributed by atoms with E-state index in [0.29, 0.717) is 17.7 Å². The lowest BCUT2D eigenvalue weighted by molar-refractivity contribution is -0.119. The quantitative estimate of drug-likeness (QED) is 0.743. The molecule has 0 radical (unpaired) electrons. The van der Waals surface area contributed by atoms with E-state index in [1.165, 1.54) is 28.6 Å². The van der Waals surface area contributed by atoms with Crippen LogP contribution >= 0.6 is 23.1 Å². The van der Waals surface area contributed by atoms with E-state index >= 15 is 0 Å². The van der Waals surface area contributed by atoms with Gasteiger partial charge in [0.25, 0.3) is 11.1 Å². The van der Waals surface area contributed by atoms with E-state index in [4.69, 9.17) is 9.15 Å². The molecule has 1 amide bonds. The number of thiophene rings is 1. The largest absolute Gasteiger partial charge is 0.410 e. The van der Waals surface area contributed by atoms with Crippen molar-refractivity contribution in [2.24, 2.45) is 5.92 Å². The van der Waals surface area contributed by atoms with Crippen LogP contribution in [0.5, 0.6) is 0 Å². The molecule has 1 aliphatic rings. The average molecular weight is 382 g/mol. The Balaban J connectivity index is 1.57. The molecular formula is C17H23N3O3S2. The predicted molar refractivity (Wildman–Crippen MR) is 99.0 cm³/mol. The van der Waals surface area contributed by atoms with Crippen LogP contribution in [0.2, 0.25) is 0 Å². The molecule has 0 fully saturated rings. The second kappa shape index (κ2) is 8.33. The Kier molecular flexibility index (Phi) is 6.14. The molecule has 3 rings (SSSR count). The van der Waals surface area contributed by atoms with Gasteiger partial charge in [0.2, 0.25) is 5.91 Å². The van der Waals surface area contributed by atoms with Gasteiger partial charge < -0.3 is 14.5 Å². The standard InChI is InChI=1S/C17H23N3O3S2/c1-10-4-5-13-12(6-10)7-14(25-13)16-19-20-17(23-16)24-9-15(21)18-11(2)8-22-3/h7,10-11H,4-6,8-9H2,1-3H3,(H,18,21)/t10-,11+/m1/s1. The number of carbonyl (C=O) groups excluding carboxylic acids is 1. The van der Waals surface area contributed by atoms with Gasteiger partial charge in [-0.15, -0.1) is 21.5 Å². The molecule has 0 spiro atoms. The highest BCUT2D eigenvalue weighted by atomic mass is 32.2. The average Bonchev–Trinajstić information content (AvgIpc) is 3.19. The number of ether oxygens (including phenoxy) is 1. The Bertz CT molecular complexity index is 729. The molecule has 0 saturated carbocycles. The molecule has 2 atom stereocenters. The maximum Gasteiger partial charge on any atom is 0.277 e. The molecule has 0 aromatic carbocycles. The number of fused-ring (bicyclic) bond motifs is 1. The zero-order chi connectivity index (χ0) is 17.8. The minimum atomic E-state index is -0.0742. The van der Waals surface area contributed by atoms with Gasteiger partial charge in [-0.05, 0) is 43.7 Å². The Morgan fingerprint density at radius 1 is 1.56 bits per heavy atom. The summed E-state index contributed by atoms with van der Waals surface area (Å²) >= 11 is 2.99. The summed E-state index contributed by atoms with van der Waals surface area (Å²) in [7, 11) is 1.61. The Morgan fingerprint density at radius 2 is 2.40 bits per heavy atom. The van der Waals surface area contributed by atoms with Gasteiger partial charge in [0.15, 0.2) is 0 Å². The topological polar surface area (TPSA) is 77.2 Å². The lowest BCUT2D eigenvalue weighted by atomic mass is 9.90. The third-order valence-corrected chi connectivity index (χ3v) is 6.14. The number of nitrogens with zero attached hydrogens (tertiary/aromatic N) is 2. The SMILES string of the molecule is COC[C@H](C)NC(=O)CSc1nnc(-c2cc3c(s2)CC[C@@H](C)C3)o1. The van der Waals surface area contributed by atoms with Gasteiger partial charge in [-0.1, -0.05) is 18.7 Å². The molecule has 0 bridgehead atoms. The summed E-state index contributed by atoms with van der Waals surface area (Å²) in [6, 6.07) is 2.16. The summed E-state index contributed by atoms with van der Waals surface area (Å²) in [5.74, 6) is 1.45. The van der Waals surface area contributed by atoms with Crippen LogP contribution in [0, 0.1) is 5.92 Å². The van der Waals surface area contributed by atoms with Crippen LogP contribution in [-0.2, 0) is 22.4 Å². The molecule has 6 nitrogen and oxygen atoms in total. The number of aromatic nitrogens is 2. The fourth-order valence-corrected chi connectivity index (χ4v) is 4.62. The Hall–Kier alpha value is -1.38. The van der Waals surface area contributed by atoms with Gasteiger partial charge in [0.1, 0.15) is 0 Å². The number of hydrogen-bond donors (Lipinski definition) is 1. The van der Waals surface area contributed by atoms with Gasteiger partial charge in [0, 0.05) is 18.0 Å². The number of thioether (sulfide) groups is 1. The molecule has 1 N–H and O–H groups in total. The molecule has 0 unspecified atom stereocenters. The summed E-state index contributed by atoms with van der Waals surface area (Å²) in [5, 5.41) is 11.5. The number of amides is 1. The summed E-state index contributed by atoms with van der Waals surface area (Å²) in [4.78, 5) is 14.3. The number of aryl methyl sites for hydroxylation is 1. The van der Waals surface area contributed by atoms with Gasteiger partial charge >= 0.3 is 0 Å². The molecule has 2 aromatic heterocycles. The van der Waals surface area contributed by atoms with Crippen molar-refractivity contribution in [3.63, 3.8) is 0 Å². The van der Waals surface area contributed by atoms with Crippen molar-refractivity contribution in [1.29, 1.82) is 0 Å². The molecular weight excluding hydrogens is 358 g/mol. The first kappa shape index (κ1) is 18.4. The van der Waals surface area contributed by atoms with Crippen LogP contribution in [0.3, 0.4) is 0 Å². The highest BCUT2D eigenvalue weighted by molar-refractivity contribution is 7.99. The Labute approximate surface area is 155 Å². The number of methoxy groups -OCH3 is 1. The minimum Gasteiger partial charge on any atom is -0.410 e. The van der Waals surface area contributed by atoms with Crippen molar-refractivity contribution < 1.29 is 13.9 Å². The third kappa shape index (κ3) is 4.83. The first-order valence-corrected chi connectivity index (χ1v) is 10.2. The minimum absolute atomic E-state index is 0.0174.